The van der Waals surface area contributed by atoms with Crippen molar-refractivity contribution in [3.63, 3.8) is 0 Å². The van der Waals surface area contributed by atoms with Crippen molar-refractivity contribution in [2.75, 3.05) is 11.1 Å². The zero-order valence-corrected chi connectivity index (χ0v) is 14.5. The summed E-state index contributed by atoms with van der Waals surface area (Å²) >= 11 is 13.2. The average Bonchev–Trinajstić information content (AvgIpc) is 3.22. The second-order valence-electron chi connectivity index (χ2n) is 4.64. The Balaban J connectivity index is 1.59. The van der Waals surface area contributed by atoms with Gasteiger partial charge in [0, 0.05) is 0 Å². The molecular formula is C14H11Cl2N5O2S. The van der Waals surface area contributed by atoms with Crippen LogP contribution in [0.25, 0.3) is 0 Å². The summed E-state index contributed by atoms with van der Waals surface area (Å²) in [5, 5.41) is 15.3. The van der Waals surface area contributed by atoms with E-state index in [2.05, 4.69) is 20.8 Å². The summed E-state index contributed by atoms with van der Waals surface area (Å²) in [5.41, 5.74) is 0.463. The molecule has 2 aromatic heterocycles. The van der Waals surface area contributed by atoms with Crippen molar-refractivity contribution in [1.82, 2.24) is 20.2 Å². The van der Waals surface area contributed by atoms with Gasteiger partial charge in [0.25, 0.3) is 0 Å². The molecule has 0 fully saturated rings. The normalized spacial score (nSPS) is 10.8. The molecule has 1 aromatic carbocycles. The number of aromatic nitrogens is 4. The van der Waals surface area contributed by atoms with E-state index >= 15 is 0 Å². The van der Waals surface area contributed by atoms with Gasteiger partial charge in [0.2, 0.25) is 11.1 Å². The number of hydrogen-bond donors (Lipinski definition) is 1. The number of carbonyl (C=O) groups excluding carboxylic acids is 1. The molecule has 0 unspecified atom stereocenters. The van der Waals surface area contributed by atoms with Crippen molar-refractivity contribution in [1.29, 1.82) is 0 Å². The van der Waals surface area contributed by atoms with Crippen LogP contribution in [-0.4, -0.2) is 31.9 Å². The minimum Gasteiger partial charge on any atom is -0.467 e. The zero-order chi connectivity index (χ0) is 16.9. The SMILES string of the molecule is O=C(CSc1nnnn1Cc1ccco1)Nc1cccc(Cl)c1Cl. The first kappa shape index (κ1) is 16.8. The third-order valence-corrected chi connectivity index (χ3v) is 4.72. The summed E-state index contributed by atoms with van der Waals surface area (Å²) < 4.78 is 6.82. The molecule has 2 heterocycles. The van der Waals surface area contributed by atoms with Crippen LogP contribution in [0.4, 0.5) is 5.69 Å². The highest BCUT2D eigenvalue weighted by Gasteiger charge is 2.13. The Bertz CT molecular complexity index is 838. The molecule has 0 spiro atoms. The molecule has 10 heteroatoms. The number of rotatable bonds is 6. The number of thioether (sulfide) groups is 1. The van der Waals surface area contributed by atoms with Gasteiger partial charge >= 0.3 is 0 Å². The average molecular weight is 384 g/mol. The first-order valence-electron chi connectivity index (χ1n) is 6.78. The largest absolute Gasteiger partial charge is 0.467 e. The maximum Gasteiger partial charge on any atom is 0.234 e. The van der Waals surface area contributed by atoms with Gasteiger partial charge in [0.15, 0.2) is 0 Å². The number of amides is 1. The number of halogens is 2. The van der Waals surface area contributed by atoms with E-state index in [0.29, 0.717) is 27.4 Å². The third-order valence-electron chi connectivity index (χ3n) is 2.94. The molecular weight excluding hydrogens is 373 g/mol. The summed E-state index contributed by atoms with van der Waals surface area (Å²) in [5.74, 6) is 0.609. The molecule has 0 saturated carbocycles. The fraction of sp³-hybridized carbons (Fsp3) is 0.143. The summed E-state index contributed by atoms with van der Waals surface area (Å²) in [6.45, 7) is 0.393. The summed E-state index contributed by atoms with van der Waals surface area (Å²) in [6.07, 6.45) is 1.58. The van der Waals surface area contributed by atoms with E-state index in [1.165, 1.54) is 11.8 Å². The molecule has 24 heavy (non-hydrogen) atoms. The smallest absolute Gasteiger partial charge is 0.234 e. The molecule has 1 amide bonds. The van der Waals surface area contributed by atoms with E-state index in [1.54, 1.807) is 35.2 Å². The summed E-state index contributed by atoms with van der Waals surface area (Å²) in [7, 11) is 0. The molecule has 0 saturated heterocycles. The van der Waals surface area contributed by atoms with Gasteiger partial charge in [0.1, 0.15) is 12.3 Å². The number of carbonyl (C=O) groups is 1. The lowest BCUT2D eigenvalue weighted by Gasteiger charge is -2.07. The second-order valence-corrected chi connectivity index (χ2v) is 6.36. The van der Waals surface area contributed by atoms with Gasteiger partial charge < -0.3 is 9.73 Å². The molecule has 0 aliphatic heterocycles. The van der Waals surface area contributed by atoms with Crippen molar-refractivity contribution in [2.45, 2.75) is 11.7 Å². The molecule has 0 radical (unpaired) electrons. The van der Waals surface area contributed by atoms with Gasteiger partial charge in [-0.3, -0.25) is 4.79 Å². The topological polar surface area (TPSA) is 85.8 Å². The van der Waals surface area contributed by atoms with Crippen LogP contribution < -0.4 is 5.32 Å². The van der Waals surface area contributed by atoms with Gasteiger partial charge in [-0.05, 0) is 34.7 Å². The lowest BCUT2D eigenvalue weighted by molar-refractivity contribution is -0.113. The predicted molar refractivity (Wildman–Crippen MR) is 91.4 cm³/mol. The Morgan fingerprint density at radius 1 is 1.29 bits per heavy atom. The third kappa shape index (κ3) is 4.08. The molecule has 0 aliphatic carbocycles. The van der Waals surface area contributed by atoms with E-state index in [4.69, 9.17) is 27.6 Å². The van der Waals surface area contributed by atoms with E-state index < -0.39 is 0 Å². The molecule has 124 valence electrons. The fourth-order valence-electron chi connectivity index (χ4n) is 1.87. The van der Waals surface area contributed by atoms with E-state index in [-0.39, 0.29) is 11.7 Å². The molecule has 3 rings (SSSR count). The highest BCUT2D eigenvalue weighted by molar-refractivity contribution is 7.99. The van der Waals surface area contributed by atoms with Crippen LogP contribution in [0.5, 0.6) is 0 Å². The Labute approximate surface area is 151 Å². The lowest BCUT2D eigenvalue weighted by Crippen LogP contribution is -2.15. The van der Waals surface area contributed by atoms with Gasteiger partial charge in [-0.1, -0.05) is 41.0 Å². The molecule has 0 atom stereocenters. The first-order chi connectivity index (χ1) is 11.6. The van der Waals surface area contributed by atoms with Crippen LogP contribution in [0.15, 0.2) is 46.2 Å². The van der Waals surface area contributed by atoms with Crippen molar-refractivity contribution in [3.05, 3.63) is 52.4 Å². The van der Waals surface area contributed by atoms with E-state index in [0.717, 1.165) is 5.76 Å². The van der Waals surface area contributed by atoms with Crippen LogP contribution in [0, 0.1) is 0 Å². The molecule has 1 N–H and O–H groups in total. The van der Waals surface area contributed by atoms with Crippen LogP contribution in [0.1, 0.15) is 5.76 Å². The van der Waals surface area contributed by atoms with Gasteiger partial charge in [-0.2, -0.15) is 0 Å². The second kappa shape index (κ2) is 7.69. The Morgan fingerprint density at radius 3 is 2.96 bits per heavy atom. The van der Waals surface area contributed by atoms with Crippen molar-refractivity contribution >= 4 is 46.6 Å². The predicted octanol–water partition coefficient (Wildman–Crippen LogP) is 3.35. The number of tetrazole rings is 1. The molecule has 0 aliphatic rings. The fourth-order valence-corrected chi connectivity index (χ4v) is 2.89. The number of nitrogens with zero attached hydrogens (tertiary/aromatic N) is 4. The number of benzene rings is 1. The van der Waals surface area contributed by atoms with Crippen LogP contribution in [-0.2, 0) is 11.3 Å². The summed E-state index contributed by atoms with van der Waals surface area (Å²) in [6, 6.07) is 8.65. The highest BCUT2D eigenvalue weighted by Crippen LogP contribution is 2.29. The monoisotopic (exact) mass is 383 g/mol. The molecule has 3 aromatic rings. The van der Waals surface area contributed by atoms with Crippen molar-refractivity contribution in [2.24, 2.45) is 0 Å². The van der Waals surface area contributed by atoms with Gasteiger partial charge in [-0.15, -0.1) is 5.10 Å². The Morgan fingerprint density at radius 2 is 2.17 bits per heavy atom. The minimum absolute atomic E-state index is 0.126. The number of hydrogen-bond acceptors (Lipinski definition) is 6. The Kier molecular flexibility index (Phi) is 5.39. The zero-order valence-electron chi connectivity index (χ0n) is 12.1. The quantitative estimate of drug-likeness (QED) is 0.656. The number of anilines is 1. The van der Waals surface area contributed by atoms with Crippen molar-refractivity contribution < 1.29 is 9.21 Å². The Hall–Kier alpha value is -2.03. The first-order valence-corrected chi connectivity index (χ1v) is 8.53. The molecule has 0 bridgehead atoms. The minimum atomic E-state index is -0.239. The van der Waals surface area contributed by atoms with Gasteiger partial charge in [-0.25, -0.2) is 4.68 Å². The lowest BCUT2D eigenvalue weighted by atomic mass is 10.3. The number of furan rings is 1. The number of nitrogens with one attached hydrogen (secondary N) is 1. The van der Waals surface area contributed by atoms with Crippen LogP contribution in [0.3, 0.4) is 0 Å². The van der Waals surface area contributed by atoms with Crippen molar-refractivity contribution in [3.8, 4) is 0 Å². The highest BCUT2D eigenvalue weighted by atomic mass is 35.5. The maximum absolute atomic E-state index is 12.1. The standard InChI is InChI=1S/C14H11Cl2N5O2S/c15-10-4-1-5-11(13(10)16)17-12(22)8-24-14-18-19-20-21(14)7-9-3-2-6-23-9/h1-6H,7-8H2,(H,17,22). The maximum atomic E-state index is 12.1. The van der Waals surface area contributed by atoms with Crippen LogP contribution in [0.2, 0.25) is 10.0 Å². The molecule has 7 nitrogen and oxygen atoms in total. The summed E-state index contributed by atoms with van der Waals surface area (Å²) in [4.78, 5) is 12.1. The van der Waals surface area contributed by atoms with Crippen LogP contribution >= 0.6 is 35.0 Å². The van der Waals surface area contributed by atoms with E-state index in [1.807, 2.05) is 6.07 Å². The van der Waals surface area contributed by atoms with Gasteiger partial charge in [0.05, 0.1) is 27.7 Å². The van der Waals surface area contributed by atoms with E-state index in [9.17, 15) is 4.79 Å².